The Morgan fingerprint density at radius 3 is 2.62 bits per heavy atom. The lowest BCUT2D eigenvalue weighted by atomic mass is 9.65. The first-order valence-electron chi connectivity index (χ1n) is 10.8. The van der Waals surface area contributed by atoms with Crippen molar-refractivity contribution in [1.29, 1.82) is 0 Å². The van der Waals surface area contributed by atoms with E-state index >= 15 is 0 Å². The van der Waals surface area contributed by atoms with Crippen molar-refractivity contribution in [2.45, 2.75) is 38.5 Å². The summed E-state index contributed by atoms with van der Waals surface area (Å²) in [5, 5.41) is 6.30. The summed E-state index contributed by atoms with van der Waals surface area (Å²) >= 11 is 0. The summed E-state index contributed by atoms with van der Waals surface area (Å²) in [5.74, 6) is 0.565. The molecule has 0 aromatic heterocycles. The number of benzene rings is 1. The summed E-state index contributed by atoms with van der Waals surface area (Å²) in [6, 6.07) is 5.96. The first kappa shape index (κ1) is 23.2. The van der Waals surface area contributed by atoms with Gasteiger partial charge in [0.1, 0.15) is 0 Å². The van der Waals surface area contributed by atoms with Gasteiger partial charge in [0.2, 0.25) is 11.9 Å². The maximum absolute atomic E-state index is 12.5. The SMILES string of the molecule is C=CC(=C\N(C)C)/C(=N/C=C\C)C(/C)=N/C(=N\C)Nc1ccc2c(c1)NC(=O)C21CCC1. The third-order valence-electron chi connectivity index (χ3n) is 5.75. The Hall–Kier alpha value is -3.48. The molecule has 1 aromatic rings. The predicted octanol–water partition coefficient (Wildman–Crippen LogP) is 4.53. The number of carbonyl (C=O) groups is 1. The molecule has 1 spiro atoms. The standard InChI is InChI=1S/C25H32N6O/c1-7-14-27-22(18(8-2)16-31(5)6)17(3)28-24(26-4)29-19-10-11-20-21(15-19)30-23(32)25(20)12-9-13-25/h7-8,10-11,14-16H,2,9,12-13H2,1,3-6H3,(H,26,29)(H,30,32)/b14-7-,18-16+,27-22+,28-17+. The summed E-state index contributed by atoms with van der Waals surface area (Å²) in [7, 11) is 5.58. The van der Waals surface area contributed by atoms with E-state index in [9.17, 15) is 4.79 Å². The third-order valence-corrected chi connectivity index (χ3v) is 5.75. The predicted molar refractivity (Wildman–Crippen MR) is 135 cm³/mol. The summed E-state index contributed by atoms with van der Waals surface area (Å²) < 4.78 is 0. The van der Waals surface area contributed by atoms with Gasteiger partial charge in [-0.3, -0.25) is 14.8 Å². The molecule has 0 bridgehead atoms. The number of hydrogen-bond acceptors (Lipinski definition) is 4. The number of amides is 1. The highest BCUT2D eigenvalue weighted by atomic mass is 16.2. The molecule has 1 saturated carbocycles. The maximum Gasteiger partial charge on any atom is 0.235 e. The van der Waals surface area contributed by atoms with E-state index < -0.39 is 0 Å². The molecule has 32 heavy (non-hydrogen) atoms. The van der Waals surface area contributed by atoms with Crippen molar-refractivity contribution in [3.8, 4) is 0 Å². The molecule has 0 unspecified atom stereocenters. The lowest BCUT2D eigenvalue weighted by Crippen LogP contribution is -2.40. The van der Waals surface area contributed by atoms with Crippen LogP contribution in [0.2, 0.25) is 0 Å². The van der Waals surface area contributed by atoms with Gasteiger partial charge >= 0.3 is 0 Å². The van der Waals surface area contributed by atoms with E-state index in [1.807, 2.05) is 63.3 Å². The van der Waals surface area contributed by atoms with Gasteiger partial charge in [-0.2, -0.15) is 0 Å². The van der Waals surface area contributed by atoms with Crippen molar-refractivity contribution < 1.29 is 4.79 Å². The molecule has 1 aliphatic heterocycles. The molecule has 2 aliphatic rings. The zero-order chi connectivity index (χ0) is 23.3. The number of anilines is 2. The van der Waals surface area contributed by atoms with Crippen molar-refractivity contribution in [3.63, 3.8) is 0 Å². The molecule has 0 radical (unpaired) electrons. The number of fused-ring (bicyclic) bond motifs is 2. The summed E-state index contributed by atoms with van der Waals surface area (Å²) in [6.45, 7) is 7.73. The molecule has 1 fully saturated rings. The van der Waals surface area contributed by atoms with Gasteiger partial charge in [0.05, 0.1) is 16.8 Å². The van der Waals surface area contributed by atoms with Crippen LogP contribution in [0.1, 0.15) is 38.7 Å². The van der Waals surface area contributed by atoms with E-state index in [-0.39, 0.29) is 11.3 Å². The van der Waals surface area contributed by atoms with Crippen molar-refractivity contribution in [2.75, 3.05) is 31.8 Å². The first-order valence-corrected chi connectivity index (χ1v) is 10.8. The molecule has 1 aromatic carbocycles. The Labute approximate surface area is 190 Å². The van der Waals surface area contributed by atoms with Crippen LogP contribution in [-0.2, 0) is 10.2 Å². The second-order valence-electron chi connectivity index (χ2n) is 8.23. The van der Waals surface area contributed by atoms with Crippen molar-refractivity contribution in [1.82, 2.24) is 4.90 Å². The van der Waals surface area contributed by atoms with Crippen molar-refractivity contribution in [3.05, 3.63) is 60.5 Å². The Morgan fingerprint density at radius 2 is 2.06 bits per heavy atom. The number of hydrogen-bond donors (Lipinski definition) is 2. The number of guanidine groups is 1. The van der Waals surface area contributed by atoms with Crippen LogP contribution in [0.5, 0.6) is 0 Å². The lowest BCUT2D eigenvalue weighted by molar-refractivity contribution is -0.123. The molecule has 1 amide bonds. The van der Waals surface area contributed by atoms with Gasteiger partial charge < -0.3 is 15.5 Å². The van der Waals surface area contributed by atoms with Gasteiger partial charge in [-0.15, -0.1) is 0 Å². The third kappa shape index (κ3) is 4.56. The number of aliphatic imine (C=N–C) groups is 3. The van der Waals surface area contributed by atoms with Crippen LogP contribution >= 0.6 is 0 Å². The van der Waals surface area contributed by atoms with Crippen LogP contribution < -0.4 is 10.6 Å². The molecule has 168 valence electrons. The fourth-order valence-electron chi connectivity index (χ4n) is 4.02. The second-order valence-corrected chi connectivity index (χ2v) is 8.23. The van der Waals surface area contributed by atoms with Crippen LogP contribution in [0.25, 0.3) is 0 Å². The van der Waals surface area contributed by atoms with E-state index in [0.717, 1.165) is 41.8 Å². The minimum absolute atomic E-state index is 0.114. The van der Waals surface area contributed by atoms with Gasteiger partial charge in [-0.25, -0.2) is 4.99 Å². The van der Waals surface area contributed by atoms with Gasteiger partial charge in [0.15, 0.2) is 0 Å². The molecule has 7 nitrogen and oxygen atoms in total. The minimum atomic E-state index is -0.317. The molecular weight excluding hydrogens is 400 g/mol. The van der Waals surface area contributed by atoms with Gasteiger partial charge in [-0.05, 0) is 44.4 Å². The lowest BCUT2D eigenvalue weighted by Gasteiger charge is -2.36. The zero-order valence-corrected chi connectivity index (χ0v) is 19.6. The van der Waals surface area contributed by atoms with E-state index in [1.165, 1.54) is 0 Å². The minimum Gasteiger partial charge on any atom is -0.383 e. The van der Waals surface area contributed by atoms with Crippen LogP contribution in [-0.4, -0.2) is 49.3 Å². The summed E-state index contributed by atoms with van der Waals surface area (Å²) in [6.07, 6.45) is 10.2. The van der Waals surface area contributed by atoms with E-state index in [0.29, 0.717) is 17.4 Å². The van der Waals surface area contributed by atoms with Gasteiger partial charge in [-0.1, -0.05) is 31.2 Å². The number of carbonyl (C=O) groups excluding carboxylic acids is 1. The highest BCUT2D eigenvalue weighted by Gasteiger charge is 2.50. The molecule has 2 N–H and O–H groups in total. The Morgan fingerprint density at radius 1 is 1.31 bits per heavy atom. The molecule has 0 saturated heterocycles. The highest BCUT2D eigenvalue weighted by Crippen LogP contribution is 2.51. The maximum atomic E-state index is 12.5. The fourth-order valence-corrected chi connectivity index (χ4v) is 4.02. The van der Waals surface area contributed by atoms with Crippen LogP contribution in [0.3, 0.4) is 0 Å². The number of nitrogens with zero attached hydrogens (tertiary/aromatic N) is 4. The summed E-state index contributed by atoms with van der Waals surface area (Å²) in [5.41, 5.74) is 4.74. The first-order chi connectivity index (χ1) is 15.3. The molecule has 0 atom stereocenters. The fraction of sp³-hybridized carbons (Fsp3) is 0.360. The molecular formula is C25H32N6O. The zero-order valence-electron chi connectivity index (χ0n) is 19.6. The highest BCUT2D eigenvalue weighted by molar-refractivity contribution is 6.49. The normalized spacial score (nSPS) is 18.5. The topological polar surface area (TPSA) is 81.4 Å². The summed E-state index contributed by atoms with van der Waals surface area (Å²) in [4.78, 5) is 28.0. The van der Waals surface area contributed by atoms with E-state index in [4.69, 9.17) is 0 Å². The Bertz CT molecular complexity index is 1050. The van der Waals surface area contributed by atoms with E-state index in [2.05, 4.69) is 32.2 Å². The largest absolute Gasteiger partial charge is 0.383 e. The van der Waals surface area contributed by atoms with Crippen LogP contribution in [0.4, 0.5) is 11.4 Å². The number of rotatable bonds is 6. The van der Waals surface area contributed by atoms with Crippen LogP contribution in [0, 0.1) is 0 Å². The Balaban J connectivity index is 1.86. The number of allylic oxidation sites excluding steroid dienone is 3. The smallest absolute Gasteiger partial charge is 0.235 e. The van der Waals surface area contributed by atoms with Crippen molar-refractivity contribution in [2.24, 2.45) is 15.0 Å². The quantitative estimate of drug-likeness (QED) is 0.394. The molecule has 1 heterocycles. The van der Waals surface area contributed by atoms with Gasteiger partial charge in [0, 0.05) is 50.5 Å². The molecule has 7 heteroatoms. The van der Waals surface area contributed by atoms with Crippen LogP contribution in [0.15, 0.2) is 69.9 Å². The van der Waals surface area contributed by atoms with Gasteiger partial charge in [0.25, 0.3) is 0 Å². The Kier molecular flexibility index (Phi) is 7.08. The number of nitrogens with one attached hydrogen (secondary N) is 2. The monoisotopic (exact) mass is 432 g/mol. The van der Waals surface area contributed by atoms with Crippen molar-refractivity contribution >= 4 is 34.7 Å². The average Bonchev–Trinajstić information content (AvgIpc) is 3.03. The average molecular weight is 433 g/mol. The van der Waals surface area contributed by atoms with E-state index in [1.54, 1.807) is 19.3 Å². The second kappa shape index (κ2) is 9.77. The molecule has 3 rings (SSSR count). The molecule has 1 aliphatic carbocycles.